The van der Waals surface area contributed by atoms with E-state index in [2.05, 4.69) is 27.1 Å². The number of piperazine rings is 1. The van der Waals surface area contributed by atoms with Crippen LogP contribution in [-0.4, -0.2) is 49.0 Å². The van der Waals surface area contributed by atoms with Crippen molar-refractivity contribution >= 4 is 49.6 Å². The van der Waals surface area contributed by atoms with Gasteiger partial charge in [0, 0.05) is 41.8 Å². The van der Waals surface area contributed by atoms with Gasteiger partial charge in [-0.15, -0.1) is 11.3 Å². The smallest absolute Gasteiger partial charge is 0.265 e. The largest absolute Gasteiger partial charge is 0.367 e. The van der Waals surface area contributed by atoms with E-state index in [-0.39, 0.29) is 11.5 Å². The summed E-state index contributed by atoms with van der Waals surface area (Å²) >= 11 is 1.36. The molecule has 0 bridgehead atoms. The van der Waals surface area contributed by atoms with Crippen LogP contribution in [0.3, 0.4) is 0 Å². The molecule has 2 N–H and O–H groups in total. The molecule has 1 saturated heterocycles. The number of thiophene rings is 1. The van der Waals surface area contributed by atoms with Gasteiger partial charge in [-0.3, -0.25) is 9.59 Å². The van der Waals surface area contributed by atoms with Gasteiger partial charge in [0.05, 0.1) is 21.6 Å². The number of pyridine rings is 1. The first-order valence-electron chi connectivity index (χ1n) is 9.98. The molecule has 0 saturated carbocycles. The molecular weight excluding hydrogens is 396 g/mol. The summed E-state index contributed by atoms with van der Waals surface area (Å²) < 4.78 is 0.840. The number of aromatic nitrogens is 1. The second kappa shape index (κ2) is 7.59. The van der Waals surface area contributed by atoms with Crippen LogP contribution in [0.15, 0.2) is 59.4 Å². The van der Waals surface area contributed by atoms with Crippen molar-refractivity contribution in [3.05, 3.63) is 69.8 Å². The van der Waals surface area contributed by atoms with E-state index in [9.17, 15) is 9.59 Å². The lowest BCUT2D eigenvalue weighted by Gasteiger charge is -2.35. The van der Waals surface area contributed by atoms with Crippen LogP contribution in [0.5, 0.6) is 0 Å². The third-order valence-electron chi connectivity index (χ3n) is 5.62. The van der Waals surface area contributed by atoms with Gasteiger partial charge in [0.2, 0.25) is 0 Å². The standard InChI is InChI=1S/C23H22N4O2S/c1-26-10-12-27(13-11-26)19-9-5-4-8-18(19)25-23(29)20-14-16-21(30-20)15-6-2-3-7-17(15)24-22(16)28/h2-9,14H,10-13H2,1H3,(H,24,28)(H,25,29). The average Bonchev–Trinajstić information content (AvgIpc) is 3.22. The Morgan fingerprint density at radius 2 is 1.73 bits per heavy atom. The van der Waals surface area contributed by atoms with Crippen LogP contribution in [0.4, 0.5) is 11.4 Å². The summed E-state index contributed by atoms with van der Waals surface area (Å²) in [5, 5.41) is 4.57. The molecule has 7 heteroatoms. The van der Waals surface area contributed by atoms with Gasteiger partial charge in [-0.2, -0.15) is 0 Å². The first kappa shape index (κ1) is 18.8. The molecule has 152 valence electrons. The monoisotopic (exact) mass is 418 g/mol. The molecule has 2 aromatic heterocycles. The number of nitrogens with one attached hydrogen (secondary N) is 2. The van der Waals surface area contributed by atoms with E-state index in [0.717, 1.165) is 53.2 Å². The number of H-pyrrole nitrogens is 1. The Morgan fingerprint density at radius 3 is 2.57 bits per heavy atom. The van der Waals surface area contributed by atoms with Gasteiger partial charge in [-0.1, -0.05) is 30.3 Å². The number of anilines is 2. The summed E-state index contributed by atoms with van der Waals surface area (Å²) in [6, 6.07) is 17.3. The van der Waals surface area contributed by atoms with Gasteiger partial charge in [0.1, 0.15) is 0 Å². The van der Waals surface area contributed by atoms with Crippen LogP contribution in [-0.2, 0) is 0 Å². The van der Waals surface area contributed by atoms with Crippen molar-refractivity contribution in [3.8, 4) is 0 Å². The average molecular weight is 419 g/mol. The zero-order valence-corrected chi connectivity index (χ0v) is 17.5. The second-order valence-corrected chi connectivity index (χ2v) is 8.67. The van der Waals surface area contributed by atoms with Gasteiger partial charge >= 0.3 is 0 Å². The van der Waals surface area contributed by atoms with E-state index >= 15 is 0 Å². The number of likely N-dealkylation sites (N-methyl/N-ethyl adjacent to an activating group) is 1. The van der Waals surface area contributed by atoms with Crippen molar-refractivity contribution in [2.75, 3.05) is 43.4 Å². The van der Waals surface area contributed by atoms with Crippen LogP contribution in [0.2, 0.25) is 0 Å². The van der Waals surface area contributed by atoms with Crippen LogP contribution in [0.1, 0.15) is 9.67 Å². The predicted molar refractivity (Wildman–Crippen MR) is 124 cm³/mol. The Kier molecular flexibility index (Phi) is 4.77. The van der Waals surface area contributed by atoms with Crippen LogP contribution in [0, 0.1) is 0 Å². The first-order chi connectivity index (χ1) is 14.6. The van der Waals surface area contributed by atoms with Crippen molar-refractivity contribution in [1.29, 1.82) is 0 Å². The fourth-order valence-corrected chi connectivity index (χ4v) is 5.03. The molecule has 30 heavy (non-hydrogen) atoms. The summed E-state index contributed by atoms with van der Waals surface area (Å²) in [5.41, 5.74) is 2.44. The van der Waals surface area contributed by atoms with Gasteiger partial charge in [-0.25, -0.2) is 0 Å². The van der Waals surface area contributed by atoms with E-state index in [0.29, 0.717) is 10.3 Å². The lowest BCUT2D eigenvalue weighted by atomic mass is 10.2. The maximum atomic E-state index is 13.1. The number of carbonyl (C=O) groups excluding carboxylic acids is 1. The zero-order valence-electron chi connectivity index (χ0n) is 16.6. The maximum absolute atomic E-state index is 13.1. The Bertz CT molecular complexity index is 1300. The van der Waals surface area contributed by atoms with Crippen molar-refractivity contribution in [2.24, 2.45) is 0 Å². The minimum atomic E-state index is -0.193. The number of rotatable bonds is 3. The van der Waals surface area contributed by atoms with E-state index in [1.54, 1.807) is 6.07 Å². The Morgan fingerprint density at radius 1 is 1.00 bits per heavy atom. The van der Waals surface area contributed by atoms with Crippen LogP contribution in [0.25, 0.3) is 21.0 Å². The minimum Gasteiger partial charge on any atom is -0.367 e. The molecule has 5 rings (SSSR count). The van der Waals surface area contributed by atoms with E-state index < -0.39 is 0 Å². The number of hydrogen-bond donors (Lipinski definition) is 2. The number of carbonyl (C=O) groups is 1. The first-order valence-corrected chi connectivity index (χ1v) is 10.8. The fourth-order valence-electron chi connectivity index (χ4n) is 3.94. The number of benzene rings is 2. The highest BCUT2D eigenvalue weighted by molar-refractivity contribution is 7.21. The molecule has 0 aliphatic carbocycles. The molecule has 0 radical (unpaired) electrons. The Hall–Kier alpha value is -3.16. The molecule has 1 fully saturated rings. The third kappa shape index (κ3) is 3.36. The molecule has 0 atom stereocenters. The molecule has 3 heterocycles. The van der Waals surface area contributed by atoms with Crippen LogP contribution < -0.4 is 15.8 Å². The van der Waals surface area contributed by atoms with Gasteiger partial charge in [0.15, 0.2) is 0 Å². The van der Waals surface area contributed by atoms with E-state index in [4.69, 9.17) is 0 Å². The van der Waals surface area contributed by atoms with Crippen molar-refractivity contribution in [2.45, 2.75) is 0 Å². The van der Waals surface area contributed by atoms with E-state index in [1.165, 1.54) is 11.3 Å². The van der Waals surface area contributed by atoms with Gasteiger partial charge in [0.25, 0.3) is 11.5 Å². The van der Waals surface area contributed by atoms with Crippen molar-refractivity contribution < 1.29 is 4.79 Å². The maximum Gasteiger partial charge on any atom is 0.265 e. The Balaban J connectivity index is 1.48. The predicted octanol–water partition coefficient (Wildman–Crippen LogP) is 3.75. The second-order valence-electron chi connectivity index (χ2n) is 7.61. The number of para-hydroxylation sites is 3. The summed E-state index contributed by atoms with van der Waals surface area (Å²) in [6.45, 7) is 3.84. The van der Waals surface area contributed by atoms with Gasteiger partial charge in [-0.05, 0) is 31.3 Å². The summed E-state index contributed by atoms with van der Waals surface area (Å²) in [7, 11) is 2.12. The number of hydrogen-bond acceptors (Lipinski definition) is 5. The molecule has 1 amide bonds. The summed E-state index contributed by atoms with van der Waals surface area (Å²) in [6.07, 6.45) is 0. The number of amides is 1. The zero-order chi connectivity index (χ0) is 20.7. The number of aromatic amines is 1. The summed E-state index contributed by atoms with van der Waals surface area (Å²) in [4.78, 5) is 33.6. The molecule has 2 aromatic carbocycles. The number of fused-ring (bicyclic) bond motifs is 3. The van der Waals surface area contributed by atoms with Gasteiger partial charge < -0.3 is 20.1 Å². The SMILES string of the molecule is CN1CCN(c2ccccc2NC(=O)c2cc3c(=O)[nH]c4ccccc4c3s2)CC1. The summed E-state index contributed by atoms with van der Waals surface area (Å²) in [5.74, 6) is -0.193. The minimum absolute atomic E-state index is 0.170. The lowest BCUT2D eigenvalue weighted by Crippen LogP contribution is -2.44. The highest BCUT2D eigenvalue weighted by Crippen LogP contribution is 2.31. The highest BCUT2D eigenvalue weighted by Gasteiger charge is 2.19. The molecule has 4 aromatic rings. The molecule has 1 aliphatic rings. The third-order valence-corrected chi connectivity index (χ3v) is 6.78. The van der Waals surface area contributed by atoms with Crippen LogP contribution >= 0.6 is 11.3 Å². The quantitative estimate of drug-likeness (QED) is 0.532. The number of nitrogens with zero attached hydrogens (tertiary/aromatic N) is 2. The highest BCUT2D eigenvalue weighted by atomic mass is 32.1. The van der Waals surface area contributed by atoms with Crippen molar-refractivity contribution in [3.63, 3.8) is 0 Å². The van der Waals surface area contributed by atoms with E-state index in [1.807, 2.05) is 48.5 Å². The normalized spacial score (nSPS) is 15.0. The molecule has 6 nitrogen and oxygen atoms in total. The molecule has 0 unspecified atom stereocenters. The topological polar surface area (TPSA) is 68.4 Å². The van der Waals surface area contributed by atoms with Crippen molar-refractivity contribution in [1.82, 2.24) is 9.88 Å². The Labute approximate surface area is 177 Å². The lowest BCUT2D eigenvalue weighted by molar-refractivity contribution is 0.103. The fraction of sp³-hybridized carbons (Fsp3) is 0.217. The molecular formula is C23H22N4O2S. The molecule has 1 aliphatic heterocycles. The molecule has 0 spiro atoms.